The van der Waals surface area contributed by atoms with E-state index in [1.54, 1.807) is 0 Å². The molecule has 0 aromatic carbocycles. The fourth-order valence-corrected chi connectivity index (χ4v) is 4.70. The van der Waals surface area contributed by atoms with E-state index >= 15 is 0 Å². The van der Waals surface area contributed by atoms with Crippen LogP contribution in [0, 0.1) is 5.41 Å². The fraction of sp³-hybridized carbons (Fsp3) is 0.750. The highest BCUT2D eigenvalue weighted by molar-refractivity contribution is 7.90. The van der Waals surface area contributed by atoms with E-state index < -0.39 is 27.1 Å². The van der Waals surface area contributed by atoms with E-state index in [0.29, 0.717) is 26.1 Å². The fourth-order valence-electron chi connectivity index (χ4n) is 2.48. The number of rotatable bonds is 5. The molecule has 2 rings (SSSR count). The van der Waals surface area contributed by atoms with Gasteiger partial charge in [0.15, 0.2) is 10.8 Å². The maximum Gasteiger partial charge on any atom is 0.434 e. The first-order valence-electron chi connectivity index (χ1n) is 6.62. The Balaban J connectivity index is 2.07. The van der Waals surface area contributed by atoms with Gasteiger partial charge in [-0.25, -0.2) is 13.4 Å². The second-order valence-corrected chi connectivity index (χ2v) is 8.57. The van der Waals surface area contributed by atoms with Crippen LogP contribution in [0.3, 0.4) is 0 Å². The van der Waals surface area contributed by atoms with E-state index in [-0.39, 0.29) is 17.4 Å². The van der Waals surface area contributed by atoms with E-state index in [1.165, 1.54) is 0 Å². The van der Waals surface area contributed by atoms with Crippen LogP contribution in [0.25, 0.3) is 0 Å². The lowest BCUT2D eigenvalue weighted by molar-refractivity contribution is -0.140. The van der Waals surface area contributed by atoms with Gasteiger partial charge >= 0.3 is 6.18 Å². The summed E-state index contributed by atoms with van der Waals surface area (Å²) in [5, 5.41) is 3.94. The Morgan fingerprint density at radius 2 is 2.05 bits per heavy atom. The summed E-state index contributed by atoms with van der Waals surface area (Å²) in [5.74, 6) is -0.0200. The van der Waals surface area contributed by atoms with Gasteiger partial charge in [-0.05, 0) is 12.8 Å². The smallest absolute Gasteiger partial charge is 0.381 e. The van der Waals surface area contributed by atoms with Crippen LogP contribution in [0.5, 0.6) is 0 Å². The highest BCUT2D eigenvalue weighted by Gasteiger charge is 2.37. The van der Waals surface area contributed by atoms with Crippen LogP contribution in [0.15, 0.2) is 5.38 Å². The molecule has 0 spiro atoms. The molecule has 1 N–H and O–H groups in total. The highest BCUT2D eigenvalue weighted by Crippen LogP contribution is 2.35. The average Bonchev–Trinajstić information content (AvgIpc) is 2.84. The lowest BCUT2D eigenvalue weighted by atomic mass is 9.82. The number of ether oxygens (including phenoxy) is 1. The lowest BCUT2D eigenvalue weighted by Gasteiger charge is -2.36. The number of sulfone groups is 1. The Kier molecular flexibility index (Phi) is 5.03. The van der Waals surface area contributed by atoms with E-state index in [0.717, 1.165) is 23.0 Å². The topological polar surface area (TPSA) is 68.3 Å². The highest BCUT2D eigenvalue weighted by atomic mass is 32.2. The standard InChI is InChI=1S/C12H17F3N2O3S2/c1-22(18,19)8-11(2-4-20-5-3-11)7-16-10-17-9(6-21-10)12(13,14)15/h6H,2-5,7-8H2,1H3,(H,16,17). The summed E-state index contributed by atoms with van der Waals surface area (Å²) in [6.07, 6.45) is -2.22. The Morgan fingerprint density at radius 3 is 2.55 bits per heavy atom. The van der Waals surface area contributed by atoms with Crippen molar-refractivity contribution in [3.05, 3.63) is 11.1 Å². The SMILES string of the molecule is CS(=O)(=O)CC1(CNc2nc(C(F)(F)F)cs2)CCOCC1. The van der Waals surface area contributed by atoms with Crippen molar-refractivity contribution in [2.45, 2.75) is 19.0 Å². The van der Waals surface area contributed by atoms with Crippen molar-refractivity contribution in [1.82, 2.24) is 4.98 Å². The molecule has 10 heteroatoms. The molecule has 0 radical (unpaired) electrons. The van der Waals surface area contributed by atoms with Crippen molar-refractivity contribution >= 4 is 26.3 Å². The van der Waals surface area contributed by atoms with Crippen molar-refractivity contribution in [3.63, 3.8) is 0 Å². The van der Waals surface area contributed by atoms with Crippen LogP contribution in [0.2, 0.25) is 0 Å². The Hall–Kier alpha value is -0.870. The van der Waals surface area contributed by atoms with Gasteiger partial charge in [0.25, 0.3) is 0 Å². The Bertz CT molecular complexity index is 607. The van der Waals surface area contributed by atoms with Gasteiger partial charge in [0.05, 0.1) is 5.75 Å². The van der Waals surface area contributed by atoms with Crippen LogP contribution >= 0.6 is 11.3 Å². The van der Waals surface area contributed by atoms with Gasteiger partial charge in [-0.3, -0.25) is 0 Å². The number of anilines is 1. The molecule has 0 aliphatic carbocycles. The van der Waals surface area contributed by atoms with E-state index in [4.69, 9.17) is 4.74 Å². The summed E-state index contributed by atoms with van der Waals surface area (Å²) in [5.41, 5.74) is -1.47. The van der Waals surface area contributed by atoms with Crippen molar-refractivity contribution in [1.29, 1.82) is 0 Å². The Labute approximate surface area is 130 Å². The van der Waals surface area contributed by atoms with Gasteiger partial charge in [-0.1, -0.05) is 0 Å². The second kappa shape index (κ2) is 6.32. The van der Waals surface area contributed by atoms with Crippen molar-refractivity contribution < 1.29 is 26.3 Å². The van der Waals surface area contributed by atoms with Gasteiger partial charge in [0, 0.05) is 36.8 Å². The Morgan fingerprint density at radius 1 is 1.41 bits per heavy atom. The number of hydrogen-bond acceptors (Lipinski definition) is 6. The predicted molar refractivity (Wildman–Crippen MR) is 77.8 cm³/mol. The molecule has 0 amide bonds. The zero-order valence-electron chi connectivity index (χ0n) is 11.9. The first-order valence-corrected chi connectivity index (χ1v) is 9.56. The molecular formula is C12H17F3N2O3S2. The van der Waals surface area contributed by atoms with Crippen LogP contribution < -0.4 is 5.32 Å². The van der Waals surface area contributed by atoms with Gasteiger partial charge in [0.1, 0.15) is 9.84 Å². The molecule has 1 fully saturated rings. The lowest BCUT2D eigenvalue weighted by Crippen LogP contribution is -2.41. The van der Waals surface area contributed by atoms with Crippen molar-refractivity contribution in [2.24, 2.45) is 5.41 Å². The summed E-state index contributed by atoms with van der Waals surface area (Å²) in [6.45, 7) is 1.15. The molecule has 0 unspecified atom stereocenters. The van der Waals surface area contributed by atoms with Gasteiger partial charge in [-0.2, -0.15) is 13.2 Å². The van der Waals surface area contributed by atoms with Crippen LogP contribution in [0.4, 0.5) is 18.3 Å². The zero-order chi connectivity index (χ0) is 16.4. The summed E-state index contributed by atoms with van der Waals surface area (Å²) in [4.78, 5) is 3.50. The molecule has 1 saturated heterocycles. The number of nitrogens with one attached hydrogen (secondary N) is 1. The molecule has 0 saturated carbocycles. The molecule has 5 nitrogen and oxygen atoms in total. The minimum absolute atomic E-state index is 0.0200. The molecule has 126 valence electrons. The van der Waals surface area contributed by atoms with Gasteiger partial charge < -0.3 is 10.1 Å². The quantitative estimate of drug-likeness (QED) is 0.875. The molecule has 1 aliphatic rings. The first kappa shape index (κ1) is 17.5. The van der Waals surface area contributed by atoms with E-state index in [9.17, 15) is 21.6 Å². The largest absolute Gasteiger partial charge is 0.434 e. The third-order valence-corrected chi connectivity index (χ3v) is 5.47. The summed E-state index contributed by atoms with van der Waals surface area (Å²) in [6, 6.07) is 0. The zero-order valence-corrected chi connectivity index (χ0v) is 13.6. The molecule has 22 heavy (non-hydrogen) atoms. The number of thiazole rings is 1. The predicted octanol–water partition coefficient (Wildman–Crippen LogP) is 2.42. The van der Waals surface area contributed by atoms with Crippen LogP contribution in [-0.2, 0) is 20.8 Å². The molecule has 0 bridgehead atoms. The summed E-state index contributed by atoms with van der Waals surface area (Å²) >= 11 is 0.859. The third kappa shape index (κ3) is 4.82. The van der Waals surface area contributed by atoms with E-state index in [1.807, 2.05) is 0 Å². The number of aromatic nitrogens is 1. The van der Waals surface area contributed by atoms with Crippen molar-refractivity contribution in [3.8, 4) is 0 Å². The minimum Gasteiger partial charge on any atom is -0.381 e. The molecule has 1 aliphatic heterocycles. The first-order chi connectivity index (χ1) is 10.1. The number of alkyl halides is 3. The number of nitrogens with zero attached hydrogens (tertiary/aromatic N) is 1. The molecule has 0 atom stereocenters. The van der Waals surface area contributed by atoms with Gasteiger partial charge in [0.2, 0.25) is 0 Å². The monoisotopic (exact) mass is 358 g/mol. The minimum atomic E-state index is -4.47. The second-order valence-electron chi connectivity index (χ2n) is 5.57. The molecule has 2 heterocycles. The maximum absolute atomic E-state index is 12.5. The summed E-state index contributed by atoms with van der Waals surface area (Å²) in [7, 11) is -3.20. The summed E-state index contributed by atoms with van der Waals surface area (Å²) < 4.78 is 66.0. The third-order valence-electron chi connectivity index (χ3n) is 3.53. The normalized spacial score (nSPS) is 19.1. The number of hydrogen-bond donors (Lipinski definition) is 1. The van der Waals surface area contributed by atoms with Crippen molar-refractivity contribution in [2.75, 3.05) is 37.1 Å². The van der Waals surface area contributed by atoms with E-state index in [2.05, 4.69) is 10.3 Å². The molecule has 1 aromatic heterocycles. The molecular weight excluding hydrogens is 341 g/mol. The molecule has 1 aromatic rings. The van der Waals surface area contributed by atoms with Gasteiger partial charge in [-0.15, -0.1) is 11.3 Å². The average molecular weight is 358 g/mol. The van der Waals surface area contributed by atoms with Crippen LogP contribution in [0.1, 0.15) is 18.5 Å². The number of halogens is 3. The maximum atomic E-state index is 12.5. The van der Waals surface area contributed by atoms with Crippen LogP contribution in [-0.4, -0.2) is 45.2 Å².